The quantitative estimate of drug-likeness (QED) is 0.130. The van der Waals surface area contributed by atoms with Gasteiger partial charge in [0.15, 0.2) is 0 Å². The van der Waals surface area contributed by atoms with Gasteiger partial charge in [0, 0.05) is 70.5 Å². The molecular formula is C60H69N4P2+. The summed E-state index contributed by atoms with van der Waals surface area (Å²) in [5.74, 6) is 0. The Morgan fingerprint density at radius 1 is 0.348 bits per heavy atom. The van der Waals surface area contributed by atoms with E-state index in [4.69, 9.17) is 0 Å². The molecule has 1 atom stereocenters. The topological polar surface area (TPSA) is 14.2 Å². The molecule has 0 aliphatic rings. The van der Waals surface area contributed by atoms with Crippen molar-refractivity contribution in [1.29, 1.82) is 0 Å². The maximum atomic E-state index is 2.51. The zero-order valence-corrected chi connectivity index (χ0v) is 44.1. The molecule has 8 aromatic carbocycles. The number of nitrogens with one attached hydrogen (secondary N) is 1. The van der Waals surface area contributed by atoms with Crippen LogP contribution in [-0.4, -0.2) is 56.4 Å². The molecule has 4 nitrogen and oxygen atoms in total. The molecule has 0 aliphatic heterocycles. The molecule has 0 aromatic heterocycles. The van der Waals surface area contributed by atoms with Crippen molar-refractivity contribution in [3.8, 4) is 11.1 Å². The van der Waals surface area contributed by atoms with Gasteiger partial charge < -0.3 is 19.6 Å². The summed E-state index contributed by atoms with van der Waals surface area (Å²) in [7, 11) is 15.4. The van der Waals surface area contributed by atoms with Crippen molar-refractivity contribution in [3.63, 3.8) is 0 Å². The van der Waals surface area contributed by atoms with Crippen LogP contribution < -0.4 is 51.4 Å². The van der Waals surface area contributed by atoms with Crippen LogP contribution in [0.15, 0.2) is 121 Å². The van der Waals surface area contributed by atoms with Crippen molar-refractivity contribution >= 4 is 92.0 Å². The standard InChI is InChI=1S/C60H68N4P2/c1-37-29-47(30-38(2)57(37)61(9)10)65(48-31-39(3)58(62(11)12)40(4)32-48)53-27-25-45-21-17-19-23-51(45)55(53)56-52-24-20-18-22-46(52)26-28-54(56)66(49-33-41(5)59(63(13)14)42(6)34-49)50-35-43(7)60(64(15)16)44(8)36-50/h17-36H,1-16H3/p+1. The second-order valence-electron chi connectivity index (χ2n) is 19.5. The fraction of sp³-hybridized carbons (Fsp3) is 0.267. The lowest BCUT2D eigenvalue weighted by Gasteiger charge is -2.31. The number of anilines is 3. The number of fused-ring (bicyclic) bond motifs is 2. The fourth-order valence-electron chi connectivity index (χ4n) is 11.4. The van der Waals surface area contributed by atoms with E-state index in [2.05, 4.69) is 248 Å². The average Bonchev–Trinajstić information content (AvgIpc) is 3.22. The summed E-state index contributed by atoms with van der Waals surface area (Å²) in [4.78, 5) is 8.17. The number of nitrogens with zero attached hydrogens (tertiary/aromatic N) is 3. The molecule has 1 unspecified atom stereocenters. The van der Waals surface area contributed by atoms with Crippen LogP contribution in [0.1, 0.15) is 44.5 Å². The smallest absolute Gasteiger partial charge is 0.136 e. The lowest BCUT2D eigenvalue weighted by Crippen LogP contribution is -3.00. The van der Waals surface area contributed by atoms with Crippen molar-refractivity contribution in [3.05, 3.63) is 166 Å². The van der Waals surface area contributed by atoms with Crippen LogP contribution in [0.4, 0.5) is 22.7 Å². The Kier molecular flexibility index (Phi) is 13.3. The number of aryl methyl sites for hydroxylation is 8. The van der Waals surface area contributed by atoms with Crippen LogP contribution >= 0.6 is 15.8 Å². The molecular weight excluding hydrogens is 839 g/mol. The molecule has 0 heterocycles. The van der Waals surface area contributed by atoms with Gasteiger partial charge in [0.05, 0.1) is 14.1 Å². The SMILES string of the molecule is Cc1cc(P(c2cc(C)c(N(C)C)c(C)c2)c2ccc3ccccc3c2-c2c(P(c3cc(C)c(N(C)C)c(C)c3)c3cc(C)c([NH+](C)C)c(C)c3)ccc3ccccc23)cc(C)c1N(C)C. The first-order chi connectivity index (χ1) is 31.4. The third kappa shape index (κ3) is 8.54. The Bertz CT molecular complexity index is 2730. The number of benzene rings is 8. The van der Waals surface area contributed by atoms with E-state index < -0.39 is 15.8 Å². The molecule has 8 aromatic rings. The highest BCUT2D eigenvalue weighted by molar-refractivity contribution is 7.81. The Morgan fingerprint density at radius 3 is 0.894 bits per heavy atom. The largest absolute Gasteiger partial charge is 0.377 e. The summed E-state index contributed by atoms with van der Waals surface area (Å²) in [6.45, 7) is 18.4. The maximum absolute atomic E-state index is 2.51. The predicted molar refractivity (Wildman–Crippen MR) is 298 cm³/mol. The summed E-state index contributed by atoms with van der Waals surface area (Å²) in [5.41, 5.74) is 18.5. The van der Waals surface area contributed by atoms with Crippen molar-refractivity contribution in [1.82, 2.24) is 0 Å². The first-order valence-electron chi connectivity index (χ1n) is 23.3. The zero-order chi connectivity index (χ0) is 47.5. The van der Waals surface area contributed by atoms with E-state index in [1.807, 2.05) is 0 Å². The molecule has 66 heavy (non-hydrogen) atoms. The molecule has 8 rings (SSSR count). The molecule has 0 fully saturated rings. The maximum Gasteiger partial charge on any atom is 0.136 e. The molecule has 0 bridgehead atoms. The fourth-order valence-corrected chi connectivity index (χ4v) is 17.1. The van der Waals surface area contributed by atoms with Gasteiger partial charge in [-0.2, -0.15) is 0 Å². The highest BCUT2D eigenvalue weighted by Crippen LogP contribution is 2.47. The highest BCUT2D eigenvalue weighted by atomic mass is 31.1. The van der Waals surface area contributed by atoms with Gasteiger partial charge in [-0.3, -0.25) is 0 Å². The molecule has 1 N–H and O–H groups in total. The lowest BCUT2D eigenvalue weighted by molar-refractivity contribution is -0.787. The van der Waals surface area contributed by atoms with Crippen LogP contribution in [0, 0.1) is 55.4 Å². The second kappa shape index (κ2) is 18.6. The average molecular weight is 908 g/mol. The number of quaternary nitrogens is 1. The van der Waals surface area contributed by atoms with E-state index in [9.17, 15) is 0 Å². The van der Waals surface area contributed by atoms with E-state index in [1.54, 1.807) is 0 Å². The van der Waals surface area contributed by atoms with E-state index in [1.165, 1.54) is 137 Å². The predicted octanol–water partition coefficient (Wildman–Crippen LogP) is 10.6. The number of rotatable bonds is 11. The highest BCUT2D eigenvalue weighted by Gasteiger charge is 2.31. The van der Waals surface area contributed by atoms with Crippen molar-refractivity contribution < 1.29 is 4.90 Å². The molecule has 338 valence electrons. The second-order valence-corrected chi connectivity index (χ2v) is 23.8. The minimum absolute atomic E-state index is 1.06. The number of hydrogen-bond acceptors (Lipinski definition) is 3. The van der Waals surface area contributed by atoms with Crippen LogP contribution in [-0.2, 0) is 0 Å². The van der Waals surface area contributed by atoms with Gasteiger partial charge in [-0.15, -0.1) is 0 Å². The summed E-state index contributed by atoms with van der Waals surface area (Å²) in [6.07, 6.45) is 0. The Balaban J connectivity index is 1.56. The first-order valence-corrected chi connectivity index (χ1v) is 26.0. The normalized spacial score (nSPS) is 12.2. The van der Waals surface area contributed by atoms with Gasteiger partial charge in [-0.25, -0.2) is 0 Å². The van der Waals surface area contributed by atoms with Gasteiger partial charge in [0.2, 0.25) is 0 Å². The van der Waals surface area contributed by atoms with E-state index in [0.29, 0.717) is 0 Å². The van der Waals surface area contributed by atoms with Gasteiger partial charge in [-0.05, 0) is 218 Å². The Morgan fingerprint density at radius 2 is 0.621 bits per heavy atom. The van der Waals surface area contributed by atoms with Crippen LogP contribution in [0.5, 0.6) is 0 Å². The third-order valence-electron chi connectivity index (χ3n) is 13.4. The van der Waals surface area contributed by atoms with Crippen molar-refractivity contribution in [2.75, 3.05) is 71.1 Å². The summed E-state index contributed by atoms with van der Waals surface area (Å²) < 4.78 is 0. The molecule has 0 amide bonds. The van der Waals surface area contributed by atoms with Crippen molar-refractivity contribution in [2.45, 2.75) is 55.4 Å². The zero-order valence-electron chi connectivity index (χ0n) is 42.3. The summed E-state index contributed by atoms with van der Waals surface area (Å²) >= 11 is 0. The van der Waals surface area contributed by atoms with Gasteiger partial charge in [-0.1, -0.05) is 72.8 Å². The first kappa shape index (κ1) is 47.0. The van der Waals surface area contributed by atoms with E-state index in [0.717, 1.165) is 0 Å². The van der Waals surface area contributed by atoms with E-state index in [-0.39, 0.29) is 0 Å². The molecule has 0 aliphatic carbocycles. The molecule has 0 saturated carbocycles. The minimum atomic E-state index is -1.07. The Hall–Kier alpha value is -5.50. The molecule has 0 saturated heterocycles. The van der Waals surface area contributed by atoms with Gasteiger partial charge in [0.1, 0.15) is 5.69 Å². The van der Waals surface area contributed by atoms with Gasteiger partial charge in [0.25, 0.3) is 0 Å². The van der Waals surface area contributed by atoms with E-state index >= 15 is 0 Å². The molecule has 6 heteroatoms. The lowest BCUT2D eigenvalue weighted by atomic mass is 9.93. The number of hydrogen-bond donors (Lipinski definition) is 1. The van der Waals surface area contributed by atoms with Crippen molar-refractivity contribution in [2.24, 2.45) is 0 Å². The Labute approximate surface area is 398 Å². The van der Waals surface area contributed by atoms with Gasteiger partial charge >= 0.3 is 0 Å². The molecule has 0 spiro atoms. The monoisotopic (exact) mass is 907 g/mol. The minimum Gasteiger partial charge on any atom is -0.377 e. The molecule has 0 radical (unpaired) electrons. The third-order valence-corrected chi connectivity index (χ3v) is 18.2. The summed E-state index contributed by atoms with van der Waals surface area (Å²) in [5, 5.41) is 13.4. The van der Waals surface area contributed by atoms with Crippen LogP contribution in [0.2, 0.25) is 0 Å². The summed E-state index contributed by atoms with van der Waals surface area (Å²) in [6, 6.07) is 48.0. The van der Waals surface area contributed by atoms with Crippen LogP contribution in [0.3, 0.4) is 0 Å². The van der Waals surface area contributed by atoms with Crippen LogP contribution in [0.25, 0.3) is 32.7 Å².